The third-order valence-electron chi connectivity index (χ3n) is 5.92. The van der Waals surface area contributed by atoms with Gasteiger partial charge in [0.15, 0.2) is 16.7 Å². The second-order valence-corrected chi connectivity index (χ2v) is 10.2. The molecule has 1 atom stereocenters. The molecule has 0 amide bonds. The summed E-state index contributed by atoms with van der Waals surface area (Å²) in [5.41, 5.74) is 1.97. The monoisotopic (exact) mass is 599 g/mol. The van der Waals surface area contributed by atoms with Crippen LogP contribution in [0.3, 0.4) is 0 Å². The van der Waals surface area contributed by atoms with Gasteiger partial charge in [-0.1, -0.05) is 23.4 Å². The number of ether oxygens (including phenoxy) is 3. The lowest BCUT2D eigenvalue weighted by Crippen LogP contribution is -2.12. The van der Waals surface area contributed by atoms with Crippen molar-refractivity contribution in [2.45, 2.75) is 30.9 Å². The second kappa shape index (κ2) is 13.3. The van der Waals surface area contributed by atoms with Crippen molar-refractivity contribution in [1.82, 2.24) is 14.8 Å². The number of nitro benzene ring substituents is 1. The van der Waals surface area contributed by atoms with Gasteiger partial charge in [-0.2, -0.15) is 0 Å². The molecule has 0 fully saturated rings. The molecule has 12 nitrogen and oxygen atoms in total. The smallest absolute Gasteiger partial charge is 0.269 e. The first-order valence-electron chi connectivity index (χ1n) is 12.4. The van der Waals surface area contributed by atoms with Crippen molar-refractivity contribution in [3.8, 4) is 22.9 Å². The van der Waals surface area contributed by atoms with Gasteiger partial charge in [-0.25, -0.2) is 0 Å². The zero-order valence-corrected chi connectivity index (χ0v) is 23.9. The number of thioether (sulfide) groups is 1. The van der Waals surface area contributed by atoms with Crippen molar-refractivity contribution in [1.29, 1.82) is 0 Å². The van der Waals surface area contributed by atoms with Crippen molar-refractivity contribution in [2.75, 3.05) is 20.3 Å². The van der Waals surface area contributed by atoms with E-state index in [0.29, 0.717) is 28.7 Å². The van der Waals surface area contributed by atoms with Gasteiger partial charge < -0.3 is 14.2 Å². The van der Waals surface area contributed by atoms with E-state index in [1.165, 1.54) is 31.0 Å². The number of hydrogen-bond donors (Lipinski definition) is 0. The highest BCUT2D eigenvalue weighted by Crippen LogP contribution is 2.43. The van der Waals surface area contributed by atoms with E-state index in [2.05, 4.69) is 10.2 Å². The van der Waals surface area contributed by atoms with Gasteiger partial charge in [-0.05, 0) is 73.5 Å². The predicted molar refractivity (Wildman–Crippen MR) is 153 cm³/mol. The van der Waals surface area contributed by atoms with Crippen LogP contribution in [0.4, 0.5) is 5.69 Å². The molecule has 0 bridgehead atoms. The van der Waals surface area contributed by atoms with Gasteiger partial charge in [-0.3, -0.25) is 24.8 Å². The minimum absolute atomic E-state index is 0.0309. The molecule has 0 spiro atoms. The van der Waals surface area contributed by atoms with Crippen molar-refractivity contribution in [3.63, 3.8) is 0 Å². The summed E-state index contributed by atoms with van der Waals surface area (Å²) in [6.07, 6.45) is 0. The van der Waals surface area contributed by atoms with Gasteiger partial charge in [0.25, 0.3) is 5.69 Å². The Labute approximate surface area is 244 Å². The van der Waals surface area contributed by atoms with Crippen molar-refractivity contribution in [3.05, 3.63) is 103 Å². The molecule has 41 heavy (non-hydrogen) atoms. The highest BCUT2D eigenvalue weighted by atomic mass is 35.5. The van der Waals surface area contributed by atoms with Crippen LogP contribution in [0, 0.1) is 27.2 Å². The van der Waals surface area contributed by atoms with Crippen molar-refractivity contribution >= 4 is 29.1 Å². The molecule has 0 saturated carbocycles. The van der Waals surface area contributed by atoms with E-state index in [1.807, 2.05) is 35.8 Å². The largest absolute Gasteiger partial charge is 0.494 e. The van der Waals surface area contributed by atoms with Crippen LogP contribution >= 0.6 is 23.4 Å². The molecule has 1 aromatic heterocycles. The molecule has 4 rings (SSSR count). The average molecular weight is 600 g/mol. The Morgan fingerprint density at radius 1 is 1.02 bits per heavy atom. The van der Waals surface area contributed by atoms with Gasteiger partial charge >= 0.3 is 0 Å². The maximum atomic E-state index is 11.7. The minimum Gasteiger partial charge on any atom is -0.494 e. The van der Waals surface area contributed by atoms with Crippen LogP contribution in [-0.4, -0.2) is 44.9 Å². The molecule has 214 valence electrons. The summed E-state index contributed by atoms with van der Waals surface area (Å²) in [5, 5.41) is 31.0. The van der Waals surface area contributed by atoms with E-state index in [1.54, 1.807) is 31.2 Å². The SMILES string of the molecule is CCOc1ccc(-n2c(C)nnc2S[C@H](C[N+](=O)[O-])c2cc(Cl)c(OCc3ccc([N+](=O)[O-])cc3)c(OC)c2)cc1. The van der Waals surface area contributed by atoms with Crippen molar-refractivity contribution in [2.24, 2.45) is 0 Å². The summed E-state index contributed by atoms with van der Waals surface area (Å²) >= 11 is 7.76. The van der Waals surface area contributed by atoms with Crippen LogP contribution in [-0.2, 0) is 6.61 Å². The van der Waals surface area contributed by atoms with E-state index in [-0.39, 0.29) is 28.8 Å². The first kappa shape index (κ1) is 29.6. The zero-order chi connectivity index (χ0) is 29.5. The van der Waals surface area contributed by atoms with Crippen LogP contribution in [0.1, 0.15) is 29.1 Å². The maximum absolute atomic E-state index is 11.7. The number of nitrogens with zero attached hydrogens (tertiary/aromatic N) is 5. The first-order valence-corrected chi connectivity index (χ1v) is 13.6. The van der Waals surface area contributed by atoms with Gasteiger partial charge in [0.1, 0.15) is 23.4 Å². The number of hydrogen-bond acceptors (Lipinski definition) is 10. The second-order valence-electron chi connectivity index (χ2n) is 8.66. The van der Waals surface area contributed by atoms with Crippen LogP contribution in [0.25, 0.3) is 5.69 Å². The van der Waals surface area contributed by atoms with E-state index in [4.69, 9.17) is 25.8 Å². The molecule has 0 aliphatic heterocycles. The van der Waals surface area contributed by atoms with E-state index < -0.39 is 21.6 Å². The summed E-state index contributed by atoms with van der Waals surface area (Å²) in [7, 11) is 1.44. The highest BCUT2D eigenvalue weighted by molar-refractivity contribution is 7.99. The van der Waals surface area contributed by atoms with Crippen LogP contribution < -0.4 is 14.2 Å². The topological polar surface area (TPSA) is 145 Å². The van der Waals surface area contributed by atoms with Crippen LogP contribution in [0.2, 0.25) is 5.02 Å². The molecule has 0 saturated heterocycles. The summed E-state index contributed by atoms with van der Waals surface area (Å²) in [4.78, 5) is 21.7. The van der Waals surface area contributed by atoms with E-state index >= 15 is 0 Å². The van der Waals surface area contributed by atoms with Gasteiger partial charge in [-0.15, -0.1) is 10.2 Å². The number of nitro groups is 2. The lowest BCUT2D eigenvalue weighted by atomic mass is 10.1. The number of non-ortho nitro benzene ring substituents is 1. The third-order valence-corrected chi connectivity index (χ3v) is 7.38. The fourth-order valence-electron chi connectivity index (χ4n) is 3.98. The Morgan fingerprint density at radius 3 is 2.34 bits per heavy atom. The Morgan fingerprint density at radius 2 is 1.73 bits per heavy atom. The predicted octanol–water partition coefficient (Wildman–Crippen LogP) is 6.23. The lowest BCUT2D eigenvalue weighted by Gasteiger charge is -2.18. The molecule has 0 aliphatic rings. The summed E-state index contributed by atoms with van der Waals surface area (Å²) in [6.45, 7) is 3.91. The van der Waals surface area contributed by atoms with Crippen LogP contribution in [0.15, 0.2) is 65.8 Å². The lowest BCUT2D eigenvalue weighted by molar-refractivity contribution is -0.479. The number of rotatable bonds is 13. The summed E-state index contributed by atoms with van der Waals surface area (Å²) in [6, 6.07) is 16.6. The molecular formula is C27H26ClN5O7S. The fourth-order valence-corrected chi connectivity index (χ4v) is 5.41. The van der Waals surface area contributed by atoms with Crippen molar-refractivity contribution < 1.29 is 24.1 Å². The molecule has 0 N–H and O–H groups in total. The average Bonchev–Trinajstić information content (AvgIpc) is 3.31. The quantitative estimate of drug-likeness (QED) is 0.0984. The molecule has 0 aliphatic carbocycles. The van der Waals surface area contributed by atoms with Gasteiger partial charge in [0.05, 0.1) is 23.7 Å². The maximum Gasteiger partial charge on any atom is 0.269 e. The standard InChI is InChI=1S/C27H26ClN5O7S/c1-4-39-22-11-9-20(10-12-22)32-17(2)29-30-27(32)41-25(15-31(34)35)19-13-23(28)26(24(14-19)38-3)40-16-18-5-7-21(8-6-18)33(36)37/h5-14,25H,4,15-16H2,1-3H3/t25-/m1/s1. The fraction of sp³-hybridized carbons (Fsp3) is 0.259. The summed E-state index contributed by atoms with van der Waals surface area (Å²) < 4.78 is 18.7. The zero-order valence-electron chi connectivity index (χ0n) is 22.4. The first-order chi connectivity index (χ1) is 19.7. The van der Waals surface area contributed by atoms with Gasteiger partial charge in [0.2, 0.25) is 6.54 Å². The Bertz CT molecular complexity index is 1530. The molecule has 0 radical (unpaired) electrons. The number of benzene rings is 3. The Balaban J connectivity index is 1.60. The molecule has 14 heteroatoms. The van der Waals surface area contributed by atoms with Gasteiger partial charge in [0, 0.05) is 22.7 Å². The molecule has 1 heterocycles. The van der Waals surface area contributed by atoms with Crippen LogP contribution in [0.5, 0.6) is 17.2 Å². The summed E-state index contributed by atoms with van der Waals surface area (Å²) in [5.74, 6) is 1.86. The van der Waals surface area contributed by atoms with E-state index in [9.17, 15) is 20.2 Å². The Kier molecular flexibility index (Phi) is 9.63. The number of methoxy groups -OCH3 is 1. The Hall–Kier alpha value is -4.36. The molecule has 3 aromatic carbocycles. The van der Waals surface area contributed by atoms with E-state index in [0.717, 1.165) is 11.4 Å². The molecular weight excluding hydrogens is 574 g/mol. The number of halogens is 1. The molecule has 4 aromatic rings. The number of aromatic nitrogens is 3. The highest BCUT2D eigenvalue weighted by Gasteiger charge is 2.26. The minimum atomic E-state index is -0.690. The third kappa shape index (κ3) is 7.24. The number of aryl methyl sites for hydroxylation is 1. The normalized spacial score (nSPS) is 11.6. The molecule has 0 unspecified atom stereocenters.